The summed E-state index contributed by atoms with van der Waals surface area (Å²) in [5, 5.41) is 7.42. The van der Waals surface area contributed by atoms with Crippen LogP contribution in [0.1, 0.15) is 33.6 Å². The van der Waals surface area contributed by atoms with E-state index in [1.807, 2.05) is 72.8 Å². The van der Waals surface area contributed by atoms with Gasteiger partial charge < -0.3 is 10.2 Å². The minimum absolute atomic E-state index is 0.152. The highest BCUT2D eigenvalue weighted by Gasteiger charge is 2.24. The Morgan fingerprint density at radius 1 is 0.744 bits per heavy atom. The molecule has 4 nitrogen and oxygen atoms in total. The monoisotopic (exact) mass is 534 g/mol. The van der Waals surface area contributed by atoms with Crippen LogP contribution in [0.5, 0.6) is 0 Å². The van der Waals surface area contributed by atoms with Gasteiger partial charge in [0, 0.05) is 33.8 Å². The Kier molecular flexibility index (Phi) is 8.36. The lowest BCUT2D eigenvalue weighted by Crippen LogP contribution is -2.33. The lowest BCUT2D eigenvalue weighted by Gasteiger charge is -2.28. The van der Waals surface area contributed by atoms with Gasteiger partial charge in [-0.05, 0) is 85.0 Å². The fourth-order valence-electron chi connectivity index (χ4n) is 5.14. The highest BCUT2D eigenvalue weighted by Crippen LogP contribution is 2.28. The van der Waals surface area contributed by atoms with Gasteiger partial charge >= 0.3 is 0 Å². The van der Waals surface area contributed by atoms with Crippen LogP contribution in [0, 0.1) is 5.92 Å². The van der Waals surface area contributed by atoms with Crippen molar-refractivity contribution < 1.29 is 9.59 Å². The molecule has 0 radical (unpaired) electrons. The molecule has 0 amide bonds. The van der Waals surface area contributed by atoms with E-state index < -0.39 is 5.24 Å². The van der Waals surface area contributed by atoms with E-state index in [1.54, 1.807) is 6.07 Å². The Morgan fingerprint density at radius 2 is 1.33 bits per heavy atom. The van der Waals surface area contributed by atoms with Crippen molar-refractivity contribution in [1.82, 2.24) is 4.90 Å². The number of fused-ring (bicyclic) bond motifs is 2. The molecule has 1 aliphatic rings. The van der Waals surface area contributed by atoms with Gasteiger partial charge in [0.25, 0.3) is 5.24 Å². The summed E-state index contributed by atoms with van der Waals surface area (Å²) in [6.07, 6.45) is 1.91. The molecule has 1 fully saturated rings. The second-order valence-electron chi connectivity index (χ2n) is 9.97. The Balaban J connectivity index is 0.000000198. The molecule has 1 N–H and O–H groups in total. The number of nitrogens with zero attached hydrogens (tertiary/aromatic N) is 1. The van der Waals surface area contributed by atoms with Crippen molar-refractivity contribution in [2.45, 2.75) is 12.8 Å². The van der Waals surface area contributed by atoms with Crippen LogP contribution in [0.25, 0.3) is 21.5 Å². The van der Waals surface area contributed by atoms with Crippen LogP contribution in [-0.4, -0.2) is 36.1 Å². The molecule has 0 unspecified atom stereocenters. The lowest BCUT2D eigenvalue weighted by atomic mass is 9.89. The maximum Gasteiger partial charge on any atom is 0.253 e. The van der Waals surface area contributed by atoms with Gasteiger partial charge in [-0.3, -0.25) is 9.59 Å². The van der Waals surface area contributed by atoms with Crippen molar-refractivity contribution in [3.05, 3.63) is 120 Å². The number of likely N-dealkylation sites (tertiary alicyclic amines) is 1. The molecular weight excluding hydrogens is 504 g/mol. The van der Waals surface area contributed by atoms with Crippen LogP contribution in [0.15, 0.2) is 109 Å². The number of Topliss-reactive ketones (excluding diaryl/α,β-unsaturated/α-hetero) is 1. The summed E-state index contributed by atoms with van der Waals surface area (Å²) in [5.41, 5.74) is 3.40. The number of piperidine rings is 1. The first-order chi connectivity index (χ1) is 19.0. The first kappa shape index (κ1) is 26.6. The minimum Gasteiger partial charge on any atom is -0.355 e. The number of carbonyl (C=O) groups excluding carboxylic acids is 2. The third-order valence-corrected chi connectivity index (χ3v) is 7.51. The predicted octanol–water partition coefficient (Wildman–Crippen LogP) is 8.33. The number of nitrogens with one attached hydrogen (secondary N) is 1. The van der Waals surface area contributed by atoms with Crippen LogP contribution in [0.2, 0.25) is 0 Å². The van der Waals surface area contributed by atoms with Gasteiger partial charge in [0.2, 0.25) is 0 Å². The highest BCUT2D eigenvalue weighted by atomic mass is 35.5. The molecule has 0 aliphatic carbocycles. The third kappa shape index (κ3) is 6.36. The lowest BCUT2D eigenvalue weighted by molar-refractivity contribution is 0.0856. The van der Waals surface area contributed by atoms with Gasteiger partial charge in [0.15, 0.2) is 5.78 Å². The molecule has 39 heavy (non-hydrogen) atoms. The van der Waals surface area contributed by atoms with Crippen LogP contribution >= 0.6 is 11.6 Å². The van der Waals surface area contributed by atoms with E-state index in [-0.39, 0.29) is 11.7 Å². The zero-order valence-corrected chi connectivity index (χ0v) is 22.7. The molecule has 6 rings (SSSR count). The second kappa shape index (κ2) is 12.2. The Bertz CT molecular complexity index is 1610. The first-order valence-corrected chi connectivity index (χ1v) is 13.6. The third-order valence-electron chi connectivity index (χ3n) is 7.31. The number of rotatable bonds is 5. The summed E-state index contributed by atoms with van der Waals surface area (Å²) >= 11 is 5.44. The van der Waals surface area contributed by atoms with Crippen LogP contribution in [0.4, 0.5) is 11.4 Å². The van der Waals surface area contributed by atoms with Crippen molar-refractivity contribution in [2.75, 3.05) is 25.5 Å². The van der Waals surface area contributed by atoms with Gasteiger partial charge in [0.05, 0.1) is 0 Å². The zero-order valence-electron chi connectivity index (χ0n) is 21.9. The molecule has 196 valence electrons. The normalized spacial score (nSPS) is 14.0. The van der Waals surface area contributed by atoms with Gasteiger partial charge in [-0.2, -0.15) is 0 Å². The fraction of sp³-hybridized carbons (Fsp3) is 0.176. The molecule has 5 aromatic carbocycles. The molecule has 5 heteroatoms. The maximum absolute atomic E-state index is 12.9. The average Bonchev–Trinajstić information content (AvgIpc) is 2.97. The molecule has 0 atom stereocenters. The molecule has 1 heterocycles. The van der Waals surface area contributed by atoms with Crippen molar-refractivity contribution >= 4 is 55.5 Å². The van der Waals surface area contributed by atoms with E-state index in [9.17, 15) is 9.59 Å². The fourth-order valence-corrected chi connectivity index (χ4v) is 5.31. The number of halogens is 1. The molecule has 1 saturated heterocycles. The Hall–Kier alpha value is -3.99. The maximum atomic E-state index is 12.9. The van der Waals surface area contributed by atoms with Crippen LogP contribution in [-0.2, 0) is 0 Å². The topological polar surface area (TPSA) is 49.4 Å². The number of carbonyl (C=O) groups is 2. The Morgan fingerprint density at radius 3 is 2.05 bits per heavy atom. The largest absolute Gasteiger partial charge is 0.355 e. The molecule has 0 spiro atoms. The second-order valence-corrected chi connectivity index (χ2v) is 10.3. The van der Waals surface area contributed by atoms with E-state index in [0.29, 0.717) is 5.56 Å². The summed E-state index contributed by atoms with van der Waals surface area (Å²) in [6.45, 7) is 2.01. The standard InChI is InChI=1S/C23H24N2O.C11H7ClO/c1-25-14-12-18(13-15-25)23(26)19-8-4-9-20(16-19)24-22-11-5-7-17-6-2-3-10-21(17)22;12-11(13)10-7-3-5-8-4-1-2-6-9(8)10/h2-11,16,18,24H,12-15H2,1H3;1-7H. The quantitative estimate of drug-likeness (QED) is 0.182. The highest BCUT2D eigenvalue weighted by molar-refractivity contribution is 6.68. The molecule has 0 bridgehead atoms. The molecular formula is C34H31ClN2O2. The average molecular weight is 535 g/mol. The van der Waals surface area contributed by atoms with E-state index in [4.69, 9.17) is 11.6 Å². The van der Waals surface area contributed by atoms with E-state index in [2.05, 4.69) is 47.6 Å². The van der Waals surface area contributed by atoms with Gasteiger partial charge in [-0.1, -0.05) is 84.9 Å². The smallest absolute Gasteiger partial charge is 0.253 e. The van der Waals surface area contributed by atoms with E-state index in [1.165, 1.54) is 10.8 Å². The predicted molar refractivity (Wildman–Crippen MR) is 162 cm³/mol. The summed E-state index contributed by atoms with van der Waals surface area (Å²) in [4.78, 5) is 26.2. The van der Waals surface area contributed by atoms with Crippen molar-refractivity contribution in [3.63, 3.8) is 0 Å². The number of ketones is 1. The summed E-state index contributed by atoms with van der Waals surface area (Å²) in [6, 6.07) is 35.7. The van der Waals surface area contributed by atoms with Crippen molar-refractivity contribution in [3.8, 4) is 0 Å². The first-order valence-electron chi connectivity index (χ1n) is 13.2. The summed E-state index contributed by atoms with van der Waals surface area (Å²) < 4.78 is 0. The number of anilines is 2. The van der Waals surface area contributed by atoms with Gasteiger partial charge in [-0.15, -0.1) is 0 Å². The zero-order chi connectivity index (χ0) is 27.2. The Labute approximate surface area is 234 Å². The van der Waals surface area contributed by atoms with Crippen LogP contribution < -0.4 is 5.32 Å². The molecule has 1 aliphatic heterocycles. The molecule has 0 saturated carbocycles. The van der Waals surface area contributed by atoms with Crippen molar-refractivity contribution in [1.29, 1.82) is 0 Å². The molecule has 0 aromatic heterocycles. The van der Waals surface area contributed by atoms with E-state index >= 15 is 0 Å². The minimum atomic E-state index is -0.406. The van der Waals surface area contributed by atoms with Gasteiger partial charge in [-0.25, -0.2) is 0 Å². The van der Waals surface area contributed by atoms with Crippen LogP contribution in [0.3, 0.4) is 0 Å². The van der Waals surface area contributed by atoms with Crippen molar-refractivity contribution in [2.24, 2.45) is 5.92 Å². The number of hydrogen-bond acceptors (Lipinski definition) is 4. The summed E-state index contributed by atoms with van der Waals surface area (Å²) in [7, 11) is 2.12. The number of hydrogen-bond donors (Lipinski definition) is 1. The van der Waals surface area contributed by atoms with Gasteiger partial charge in [0.1, 0.15) is 0 Å². The SMILES string of the molecule is CN1CCC(C(=O)c2cccc(Nc3cccc4ccccc34)c2)CC1.O=C(Cl)c1cccc2ccccc12. The molecule has 5 aromatic rings. The van der Waals surface area contributed by atoms with E-state index in [0.717, 1.165) is 53.6 Å². The number of benzene rings is 5. The summed E-state index contributed by atoms with van der Waals surface area (Å²) in [5.74, 6) is 0.429.